The van der Waals surface area contributed by atoms with Gasteiger partial charge in [-0.25, -0.2) is 9.37 Å². The van der Waals surface area contributed by atoms with E-state index in [1.54, 1.807) is 30.3 Å². The Morgan fingerprint density at radius 2 is 1.85 bits per heavy atom. The lowest BCUT2D eigenvalue weighted by molar-refractivity contribution is -0.114. The summed E-state index contributed by atoms with van der Waals surface area (Å²) < 4.78 is 16.7. The maximum Gasteiger partial charge on any atom is 0.261 e. The van der Waals surface area contributed by atoms with Crippen molar-refractivity contribution < 1.29 is 9.18 Å². The minimum Gasteiger partial charge on any atom is -0.379 e. The first kappa shape index (κ1) is 24.5. The quantitative estimate of drug-likeness (QED) is 0.243. The number of H-pyrrole nitrogens is 2. The van der Waals surface area contributed by atoms with Gasteiger partial charge in [-0.2, -0.15) is 0 Å². The highest BCUT2D eigenvalue weighted by atomic mass is 19.1. The highest BCUT2D eigenvalue weighted by Gasteiger charge is 2.35. The molecular weight excluding hydrogens is 507 g/mol. The van der Waals surface area contributed by atoms with E-state index < -0.39 is 5.82 Å². The van der Waals surface area contributed by atoms with Crippen molar-refractivity contribution in [2.75, 3.05) is 30.3 Å². The number of pyridine rings is 1. The van der Waals surface area contributed by atoms with E-state index in [0.717, 1.165) is 43.5 Å². The number of hydrogen-bond donors (Lipinski definition) is 4. The van der Waals surface area contributed by atoms with Crippen LogP contribution in [0.1, 0.15) is 19.8 Å². The topological polar surface area (TPSA) is 106 Å². The number of aromatic nitrogens is 3. The van der Waals surface area contributed by atoms with Gasteiger partial charge in [0.2, 0.25) is 5.91 Å². The van der Waals surface area contributed by atoms with Gasteiger partial charge in [0.25, 0.3) is 5.56 Å². The molecule has 8 rings (SSSR count). The molecular formula is C31H29FN6O2. The number of carbonyl (C=O) groups excluding carboxylic acids is 1. The number of nitrogens with zero attached hydrogens (tertiary/aromatic N) is 2. The van der Waals surface area contributed by atoms with Crippen LogP contribution >= 0.6 is 0 Å². The van der Waals surface area contributed by atoms with Crippen molar-refractivity contribution in [2.45, 2.75) is 25.8 Å². The predicted octanol–water partition coefficient (Wildman–Crippen LogP) is 5.34. The lowest BCUT2D eigenvalue weighted by Crippen LogP contribution is -2.53. The third-order valence-electron chi connectivity index (χ3n) is 8.22. The van der Waals surface area contributed by atoms with Crippen LogP contribution in [0.3, 0.4) is 0 Å². The van der Waals surface area contributed by atoms with Crippen molar-refractivity contribution in [2.24, 2.45) is 5.92 Å². The molecule has 0 spiro atoms. The number of rotatable bonds is 5. The highest BCUT2D eigenvalue weighted by Crippen LogP contribution is 2.39. The number of para-hydroxylation sites is 2. The number of hydrogen-bond acceptors (Lipinski definition) is 5. The number of carbonyl (C=O) groups is 1. The minimum atomic E-state index is -0.449. The minimum absolute atomic E-state index is 0.0850. The number of amides is 1. The summed E-state index contributed by atoms with van der Waals surface area (Å²) in [7, 11) is 0. The fourth-order valence-corrected chi connectivity index (χ4v) is 6.29. The molecule has 40 heavy (non-hydrogen) atoms. The monoisotopic (exact) mass is 536 g/mol. The Labute approximate surface area is 229 Å². The van der Waals surface area contributed by atoms with Gasteiger partial charge in [0, 0.05) is 30.8 Å². The molecule has 3 aromatic carbocycles. The number of anilines is 2. The normalized spacial score (nSPS) is 20.2. The highest BCUT2D eigenvalue weighted by molar-refractivity contribution is 6.02. The Morgan fingerprint density at radius 1 is 1.02 bits per heavy atom. The number of benzene rings is 3. The summed E-state index contributed by atoms with van der Waals surface area (Å²) in [5, 5.41) is 6.72. The first-order valence-electron chi connectivity index (χ1n) is 13.6. The zero-order valence-electron chi connectivity index (χ0n) is 22.1. The lowest BCUT2D eigenvalue weighted by Gasteiger charge is -2.45. The van der Waals surface area contributed by atoms with Gasteiger partial charge in [0.1, 0.15) is 17.2 Å². The molecule has 3 fully saturated rings. The van der Waals surface area contributed by atoms with Gasteiger partial charge in [0.15, 0.2) is 0 Å². The molecule has 0 aliphatic carbocycles. The molecule has 5 heterocycles. The Morgan fingerprint density at radius 3 is 2.60 bits per heavy atom. The zero-order chi connectivity index (χ0) is 27.4. The second-order valence-corrected chi connectivity index (χ2v) is 10.8. The van der Waals surface area contributed by atoms with E-state index >= 15 is 4.39 Å². The van der Waals surface area contributed by atoms with E-state index in [4.69, 9.17) is 4.98 Å². The van der Waals surface area contributed by atoms with Gasteiger partial charge >= 0.3 is 0 Å². The van der Waals surface area contributed by atoms with Crippen molar-refractivity contribution >= 4 is 39.2 Å². The van der Waals surface area contributed by atoms with Crippen LogP contribution in [0.4, 0.5) is 15.8 Å². The van der Waals surface area contributed by atoms with E-state index in [9.17, 15) is 9.59 Å². The molecule has 2 bridgehead atoms. The zero-order valence-corrected chi connectivity index (χ0v) is 22.1. The molecule has 1 amide bonds. The Bertz CT molecular complexity index is 1800. The van der Waals surface area contributed by atoms with Gasteiger partial charge in [-0.05, 0) is 73.8 Å². The van der Waals surface area contributed by atoms with Crippen LogP contribution < -0.4 is 16.2 Å². The molecule has 0 saturated carbocycles. The molecule has 8 nitrogen and oxygen atoms in total. The number of fused-ring (bicyclic) bond motifs is 5. The van der Waals surface area contributed by atoms with Crippen LogP contribution in [0, 0.1) is 11.7 Å². The standard InChI is InChI=1S/C31H29FN6O2/c1-17(39)33-20-6-4-5-19(15-20)21-9-10-24-26(28(21)32)29(34-25-16-38-13-11-18(25)12-14-38)27(31(40)37-24)30-35-22-7-2-3-8-23(22)36-30/h2-10,15,18,25H,11-14,16H2,1H3,(H,33,39)(H,35,36)(H2,34,37,40)/t25-/m0/s1. The third kappa shape index (κ3) is 4.23. The second kappa shape index (κ2) is 9.60. The molecule has 0 unspecified atom stereocenters. The first-order chi connectivity index (χ1) is 19.4. The number of nitrogens with one attached hydrogen (secondary N) is 4. The van der Waals surface area contributed by atoms with E-state index in [2.05, 4.69) is 25.5 Å². The number of aromatic amines is 2. The van der Waals surface area contributed by atoms with Gasteiger partial charge < -0.3 is 25.5 Å². The van der Waals surface area contributed by atoms with Gasteiger partial charge in [0.05, 0.1) is 27.6 Å². The maximum atomic E-state index is 16.7. The Kier molecular flexibility index (Phi) is 5.89. The van der Waals surface area contributed by atoms with E-state index in [1.165, 1.54) is 6.92 Å². The molecule has 4 N–H and O–H groups in total. The summed E-state index contributed by atoms with van der Waals surface area (Å²) >= 11 is 0. The molecule has 0 radical (unpaired) electrons. The fourth-order valence-electron chi connectivity index (χ4n) is 6.29. The predicted molar refractivity (Wildman–Crippen MR) is 156 cm³/mol. The first-order valence-corrected chi connectivity index (χ1v) is 13.6. The van der Waals surface area contributed by atoms with Crippen molar-refractivity contribution in [1.82, 2.24) is 19.9 Å². The largest absolute Gasteiger partial charge is 0.379 e. The third-order valence-corrected chi connectivity index (χ3v) is 8.22. The van der Waals surface area contributed by atoms with Crippen molar-refractivity contribution in [3.63, 3.8) is 0 Å². The Hall–Kier alpha value is -4.50. The van der Waals surface area contributed by atoms with Crippen LogP contribution in [0.5, 0.6) is 0 Å². The van der Waals surface area contributed by atoms with E-state index in [-0.39, 0.29) is 17.5 Å². The molecule has 3 aliphatic rings. The summed E-state index contributed by atoms with van der Waals surface area (Å²) in [6.07, 6.45) is 2.14. The van der Waals surface area contributed by atoms with Crippen LogP contribution in [0.2, 0.25) is 0 Å². The van der Waals surface area contributed by atoms with Gasteiger partial charge in [-0.3, -0.25) is 9.59 Å². The molecule has 1 atom stereocenters. The van der Waals surface area contributed by atoms with Crippen LogP contribution in [-0.4, -0.2) is 51.4 Å². The SMILES string of the molecule is CC(=O)Nc1cccc(-c2ccc3[nH]c(=O)c(-c4nc5ccccc5[nH]4)c(N[C@H]4CN5CCC4CC5)c3c2F)c1. The number of imidazole rings is 1. The summed E-state index contributed by atoms with van der Waals surface area (Å²) in [5.74, 6) is 0.192. The Balaban J connectivity index is 1.45. The fraction of sp³-hybridized carbons (Fsp3) is 0.258. The molecule has 2 aromatic heterocycles. The maximum absolute atomic E-state index is 16.7. The van der Waals surface area contributed by atoms with Crippen LogP contribution in [-0.2, 0) is 4.79 Å². The molecule has 3 saturated heterocycles. The summed E-state index contributed by atoms with van der Waals surface area (Å²) in [4.78, 5) is 38.6. The van der Waals surface area contributed by atoms with Crippen LogP contribution in [0.15, 0.2) is 65.5 Å². The van der Waals surface area contributed by atoms with Crippen molar-refractivity contribution in [3.8, 4) is 22.5 Å². The average molecular weight is 537 g/mol. The molecule has 5 aromatic rings. The van der Waals surface area contributed by atoms with Crippen molar-refractivity contribution in [1.29, 1.82) is 0 Å². The summed E-state index contributed by atoms with van der Waals surface area (Å²) in [6, 6.07) is 18.2. The number of halogens is 1. The molecule has 202 valence electrons. The van der Waals surface area contributed by atoms with Gasteiger partial charge in [-0.1, -0.05) is 24.3 Å². The van der Waals surface area contributed by atoms with Gasteiger partial charge in [-0.15, -0.1) is 0 Å². The smallest absolute Gasteiger partial charge is 0.261 e. The summed E-state index contributed by atoms with van der Waals surface area (Å²) in [6.45, 7) is 4.42. The van der Waals surface area contributed by atoms with Crippen LogP contribution in [0.25, 0.3) is 44.5 Å². The van der Waals surface area contributed by atoms with Crippen molar-refractivity contribution in [3.05, 3.63) is 76.8 Å². The molecule has 3 aliphatic heterocycles. The lowest BCUT2D eigenvalue weighted by atomic mass is 9.83. The van der Waals surface area contributed by atoms with E-state index in [0.29, 0.717) is 50.7 Å². The molecule has 9 heteroatoms. The number of piperidine rings is 3. The summed E-state index contributed by atoms with van der Waals surface area (Å²) in [5.41, 5.74) is 3.93. The average Bonchev–Trinajstić information content (AvgIpc) is 3.37. The van der Waals surface area contributed by atoms with E-state index in [1.807, 2.05) is 30.3 Å². The second-order valence-electron chi connectivity index (χ2n) is 10.8.